The third-order valence-corrected chi connectivity index (χ3v) is 3.18. The van der Waals surface area contributed by atoms with Crippen LogP contribution in [0.25, 0.3) is 0 Å². The molecule has 1 heterocycles. The first-order valence-electron chi connectivity index (χ1n) is 5.94. The summed E-state index contributed by atoms with van der Waals surface area (Å²) >= 11 is 0. The quantitative estimate of drug-likeness (QED) is 0.832. The van der Waals surface area contributed by atoms with E-state index in [1.54, 1.807) is 7.11 Å². The van der Waals surface area contributed by atoms with Crippen molar-refractivity contribution in [2.24, 2.45) is 0 Å². The Labute approximate surface area is 96.3 Å². The van der Waals surface area contributed by atoms with E-state index in [2.05, 4.69) is 9.55 Å². The molecule has 1 aliphatic carbocycles. The van der Waals surface area contributed by atoms with Crippen molar-refractivity contribution in [3.63, 3.8) is 0 Å². The molecule has 90 valence electrons. The maximum atomic E-state index is 9.77. The average Bonchev–Trinajstić information content (AvgIpc) is 2.56. The van der Waals surface area contributed by atoms with Gasteiger partial charge in [0, 0.05) is 12.8 Å². The van der Waals surface area contributed by atoms with Gasteiger partial charge in [0.05, 0.1) is 24.9 Å². The van der Waals surface area contributed by atoms with Crippen LogP contribution in [0.3, 0.4) is 0 Å². The Morgan fingerprint density at radius 3 is 2.94 bits per heavy atom. The molecule has 16 heavy (non-hydrogen) atoms. The summed E-state index contributed by atoms with van der Waals surface area (Å²) < 4.78 is 7.10. The fraction of sp³-hybridized carbons (Fsp3) is 0.750. The predicted molar refractivity (Wildman–Crippen MR) is 61.5 cm³/mol. The average molecular weight is 224 g/mol. The van der Waals surface area contributed by atoms with Crippen molar-refractivity contribution in [3.05, 3.63) is 17.2 Å². The molecule has 0 aromatic carbocycles. The van der Waals surface area contributed by atoms with Crippen molar-refractivity contribution in [2.75, 3.05) is 13.7 Å². The van der Waals surface area contributed by atoms with Gasteiger partial charge in [0.25, 0.3) is 0 Å². The Kier molecular flexibility index (Phi) is 3.61. The molecular formula is C12H20N2O2. The van der Waals surface area contributed by atoms with Gasteiger partial charge in [0.15, 0.2) is 0 Å². The zero-order valence-electron chi connectivity index (χ0n) is 10.1. The van der Waals surface area contributed by atoms with Gasteiger partial charge in [-0.05, 0) is 32.6 Å². The monoisotopic (exact) mass is 224 g/mol. The first-order valence-corrected chi connectivity index (χ1v) is 5.94. The molecule has 0 fully saturated rings. The molecule has 0 radical (unpaired) electrons. The zero-order chi connectivity index (χ0) is 11.5. The van der Waals surface area contributed by atoms with Gasteiger partial charge in [0.2, 0.25) is 0 Å². The summed E-state index contributed by atoms with van der Waals surface area (Å²) in [6, 6.07) is 0. The lowest BCUT2D eigenvalue weighted by molar-refractivity contribution is 0.0527. The van der Waals surface area contributed by atoms with Crippen LogP contribution in [0.15, 0.2) is 0 Å². The maximum absolute atomic E-state index is 9.77. The fourth-order valence-electron chi connectivity index (χ4n) is 2.43. The number of fused-ring (bicyclic) bond motifs is 1. The predicted octanol–water partition coefficient (Wildman–Crippen LogP) is 1.08. The Hall–Kier alpha value is -0.870. The molecule has 0 aliphatic heterocycles. The molecule has 1 unspecified atom stereocenters. The van der Waals surface area contributed by atoms with Crippen LogP contribution in [-0.2, 0) is 24.1 Å². The zero-order valence-corrected chi connectivity index (χ0v) is 10.1. The summed E-state index contributed by atoms with van der Waals surface area (Å²) in [5.74, 6) is 1.02. The highest BCUT2D eigenvalue weighted by atomic mass is 16.5. The second-order valence-corrected chi connectivity index (χ2v) is 4.48. The first kappa shape index (κ1) is 11.6. The Morgan fingerprint density at radius 1 is 1.44 bits per heavy atom. The molecule has 2 rings (SSSR count). The van der Waals surface area contributed by atoms with Crippen molar-refractivity contribution < 1.29 is 9.84 Å². The third-order valence-electron chi connectivity index (χ3n) is 3.18. The number of ether oxygens (including phenoxy) is 1. The van der Waals surface area contributed by atoms with Crippen LogP contribution in [0.2, 0.25) is 0 Å². The number of methoxy groups -OCH3 is 1. The number of aliphatic hydroxyl groups excluding tert-OH is 1. The van der Waals surface area contributed by atoms with Gasteiger partial charge in [-0.3, -0.25) is 0 Å². The second-order valence-electron chi connectivity index (χ2n) is 4.48. The van der Waals surface area contributed by atoms with Crippen molar-refractivity contribution in [2.45, 2.75) is 45.3 Å². The van der Waals surface area contributed by atoms with Crippen molar-refractivity contribution in [3.8, 4) is 0 Å². The minimum absolute atomic E-state index is 0.381. The van der Waals surface area contributed by atoms with Gasteiger partial charge < -0.3 is 14.4 Å². The largest absolute Gasteiger partial charge is 0.389 e. The van der Waals surface area contributed by atoms with Crippen LogP contribution in [-0.4, -0.2) is 34.5 Å². The van der Waals surface area contributed by atoms with Crippen molar-refractivity contribution >= 4 is 0 Å². The van der Waals surface area contributed by atoms with Crippen molar-refractivity contribution in [1.29, 1.82) is 0 Å². The van der Waals surface area contributed by atoms with E-state index in [0.717, 1.165) is 18.7 Å². The van der Waals surface area contributed by atoms with E-state index in [0.29, 0.717) is 13.2 Å². The molecule has 4 heteroatoms. The number of hydrogen-bond donors (Lipinski definition) is 1. The lowest BCUT2D eigenvalue weighted by Crippen LogP contribution is -2.23. The summed E-state index contributed by atoms with van der Waals surface area (Å²) in [6.07, 6.45) is 4.21. The molecule has 1 aromatic rings. The standard InChI is InChI=1S/C12H20N2O2/c1-9-13-11-5-3-4-6-12(11)14(9)7-10(15)8-16-2/h10,15H,3-8H2,1-2H3. The lowest BCUT2D eigenvalue weighted by Gasteiger charge is -2.17. The number of aryl methyl sites for hydroxylation is 2. The smallest absolute Gasteiger partial charge is 0.106 e. The maximum Gasteiger partial charge on any atom is 0.106 e. The minimum Gasteiger partial charge on any atom is -0.389 e. The van der Waals surface area contributed by atoms with Gasteiger partial charge in [-0.1, -0.05) is 0 Å². The van der Waals surface area contributed by atoms with Gasteiger partial charge in [-0.15, -0.1) is 0 Å². The van der Waals surface area contributed by atoms with E-state index in [4.69, 9.17) is 4.74 Å². The Morgan fingerprint density at radius 2 is 2.19 bits per heavy atom. The normalized spacial score (nSPS) is 17.2. The summed E-state index contributed by atoms with van der Waals surface area (Å²) in [7, 11) is 1.61. The molecule has 0 saturated heterocycles. The topological polar surface area (TPSA) is 47.3 Å². The molecule has 1 aromatic heterocycles. The Bertz CT molecular complexity index is 360. The van der Waals surface area contributed by atoms with E-state index in [1.165, 1.54) is 24.2 Å². The van der Waals surface area contributed by atoms with Crippen LogP contribution in [0, 0.1) is 6.92 Å². The highest BCUT2D eigenvalue weighted by Gasteiger charge is 2.19. The highest BCUT2D eigenvalue weighted by molar-refractivity contribution is 5.19. The highest BCUT2D eigenvalue weighted by Crippen LogP contribution is 2.22. The number of rotatable bonds is 4. The van der Waals surface area contributed by atoms with Crippen LogP contribution in [0.5, 0.6) is 0 Å². The summed E-state index contributed by atoms with van der Waals surface area (Å²) in [4.78, 5) is 4.58. The van der Waals surface area contributed by atoms with Crippen LogP contribution < -0.4 is 0 Å². The van der Waals surface area contributed by atoms with E-state index in [9.17, 15) is 5.11 Å². The number of aliphatic hydroxyl groups is 1. The SMILES string of the molecule is COCC(O)Cn1c(C)nc2c1CCCC2. The number of aromatic nitrogens is 2. The Balaban J connectivity index is 2.16. The van der Waals surface area contributed by atoms with Gasteiger partial charge >= 0.3 is 0 Å². The molecule has 0 amide bonds. The summed E-state index contributed by atoms with van der Waals surface area (Å²) in [5.41, 5.74) is 2.55. The molecule has 4 nitrogen and oxygen atoms in total. The van der Waals surface area contributed by atoms with Gasteiger partial charge in [-0.25, -0.2) is 4.98 Å². The molecule has 1 aliphatic rings. The molecule has 0 bridgehead atoms. The van der Waals surface area contributed by atoms with Crippen molar-refractivity contribution in [1.82, 2.24) is 9.55 Å². The molecule has 1 N–H and O–H groups in total. The molecule has 1 atom stereocenters. The lowest BCUT2D eigenvalue weighted by atomic mass is 10.0. The number of hydrogen-bond acceptors (Lipinski definition) is 3. The first-order chi connectivity index (χ1) is 7.72. The van der Waals surface area contributed by atoms with Crippen LogP contribution >= 0.6 is 0 Å². The van der Waals surface area contributed by atoms with E-state index in [-0.39, 0.29) is 0 Å². The summed E-state index contributed by atoms with van der Waals surface area (Å²) in [6.45, 7) is 2.99. The number of nitrogens with zero attached hydrogens (tertiary/aromatic N) is 2. The third kappa shape index (κ3) is 2.28. The van der Waals surface area contributed by atoms with Gasteiger partial charge in [0.1, 0.15) is 5.82 Å². The van der Waals surface area contributed by atoms with Crippen LogP contribution in [0.1, 0.15) is 30.1 Å². The minimum atomic E-state index is -0.441. The van der Waals surface area contributed by atoms with E-state index >= 15 is 0 Å². The molecule has 0 saturated carbocycles. The fourth-order valence-corrected chi connectivity index (χ4v) is 2.43. The second kappa shape index (κ2) is 4.97. The number of imidazole rings is 1. The van der Waals surface area contributed by atoms with E-state index < -0.39 is 6.10 Å². The molecular weight excluding hydrogens is 204 g/mol. The summed E-state index contributed by atoms with van der Waals surface area (Å²) in [5, 5.41) is 9.77. The van der Waals surface area contributed by atoms with E-state index in [1.807, 2.05) is 6.92 Å². The van der Waals surface area contributed by atoms with Crippen LogP contribution in [0.4, 0.5) is 0 Å². The molecule has 0 spiro atoms. The van der Waals surface area contributed by atoms with Gasteiger partial charge in [-0.2, -0.15) is 0 Å².